The number of hydrogen-bond acceptors (Lipinski definition) is 4. The fourth-order valence-corrected chi connectivity index (χ4v) is 6.50. The van der Waals surface area contributed by atoms with Crippen molar-refractivity contribution < 1.29 is 14.4 Å². The van der Waals surface area contributed by atoms with E-state index in [-0.39, 0.29) is 36.2 Å². The molecule has 8 heteroatoms. The first kappa shape index (κ1) is 21.7. The Morgan fingerprint density at radius 1 is 0.970 bits per heavy atom. The van der Waals surface area contributed by atoms with E-state index in [4.69, 9.17) is 0 Å². The molecule has 6 rings (SSSR count). The summed E-state index contributed by atoms with van der Waals surface area (Å²) in [6.07, 6.45) is 10.2. The second kappa shape index (κ2) is 9.00. The third-order valence-corrected chi connectivity index (χ3v) is 7.49. The molecule has 1 heterocycles. The molecule has 8 nitrogen and oxygen atoms in total. The fourth-order valence-electron chi connectivity index (χ4n) is 6.50. The van der Waals surface area contributed by atoms with Crippen molar-refractivity contribution in [2.24, 2.45) is 23.2 Å². The van der Waals surface area contributed by atoms with Crippen LogP contribution in [0.3, 0.4) is 0 Å². The molecule has 4 bridgehead atoms. The lowest BCUT2D eigenvalue weighted by Gasteiger charge is -2.55. The Kier molecular flexibility index (Phi) is 5.91. The van der Waals surface area contributed by atoms with E-state index in [0.29, 0.717) is 30.0 Å². The molecule has 0 saturated heterocycles. The summed E-state index contributed by atoms with van der Waals surface area (Å²) in [5, 5.41) is 12.6. The minimum atomic E-state index is -0.238. The van der Waals surface area contributed by atoms with E-state index < -0.39 is 0 Å². The highest BCUT2D eigenvalue weighted by atomic mass is 16.2. The highest BCUT2D eigenvalue weighted by molar-refractivity contribution is 5.90. The molecule has 3 N–H and O–H groups in total. The van der Waals surface area contributed by atoms with E-state index in [2.05, 4.69) is 21.0 Å². The zero-order valence-electron chi connectivity index (χ0n) is 18.8. The highest BCUT2D eigenvalue weighted by Gasteiger charge is 2.54. The van der Waals surface area contributed by atoms with Crippen molar-refractivity contribution >= 4 is 23.4 Å². The van der Waals surface area contributed by atoms with Gasteiger partial charge in [-0.3, -0.25) is 19.1 Å². The van der Waals surface area contributed by atoms with Crippen molar-refractivity contribution in [3.05, 3.63) is 48.3 Å². The number of benzene rings is 1. The summed E-state index contributed by atoms with van der Waals surface area (Å²) in [5.41, 5.74) is 1.29. The van der Waals surface area contributed by atoms with Gasteiger partial charge in [0.2, 0.25) is 17.7 Å². The Balaban J connectivity index is 1.08. The molecule has 0 spiro atoms. The van der Waals surface area contributed by atoms with Gasteiger partial charge in [-0.15, -0.1) is 0 Å². The van der Waals surface area contributed by atoms with Gasteiger partial charge in [-0.05, 0) is 80.0 Å². The van der Waals surface area contributed by atoms with Gasteiger partial charge in [-0.25, -0.2) is 0 Å². The molecule has 0 unspecified atom stereocenters. The number of nitrogens with zero attached hydrogens (tertiary/aromatic N) is 2. The first-order valence-electron chi connectivity index (χ1n) is 11.9. The number of carbonyl (C=O) groups is 3. The molecule has 0 aliphatic heterocycles. The summed E-state index contributed by atoms with van der Waals surface area (Å²) in [7, 11) is 0. The molecule has 4 fully saturated rings. The molecule has 1 aromatic carbocycles. The van der Waals surface area contributed by atoms with E-state index in [1.165, 1.54) is 19.3 Å². The van der Waals surface area contributed by atoms with Gasteiger partial charge in [0.1, 0.15) is 6.54 Å². The van der Waals surface area contributed by atoms with Gasteiger partial charge in [0.25, 0.3) is 0 Å². The SMILES string of the molecule is O=C(CNC(=O)C12CC3CC(CC(C3)C1)C2)NCc1cccc(NC(=O)Cn2cccn2)c1. The Bertz CT molecular complexity index is 997. The number of aromatic nitrogens is 2. The van der Waals surface area contributed by atoms with Crippen molar-refractivity contribution in [1.82, 2.24) is 20.4 Å². The number of amides is 3. The van der Waals surface area contributed by atoms with Crippen LogP contribution < -0.4 is 16.0 Å². The zero-order chi connectivity index (χ0) is 22.8. The van der Waals surface area contributed by atoms with Crippen LogP contribution in [0, 0.1) is 23.2 Å². The number of nitrogens with one attached hydrogen (secondary N) is 3. The quantitative estimate of drug-likeness (QED) is 0.576. The third-order valence-electron chi connectivity index (χ3n) is 7.49. The molecular weight excluding hydrogens is 418 g/mol. The standard InChI is InChI=1S/C25H31N5O3/c31-22(15-27-24(33)25-11-18-7-19(12-25)9-20(8-18)13-25)26-14-17-3-1-4-21(10-17)29-23(32)16-30-6-2-5-28-30/h1-6,10,18-20H,7-9,11-16H2,(H,26,31)(H,27,33)(H,29,32). The maximum atomic E-state index is 13.0. The Morgan fingerprint density at radius 3 is 2.36 bits per heavy atom. The molecule has 1 aromatic heterocycles. The summed E-state index contributed by atoms with van der Waals surface area (Å²) < 4.78 is 1.55. The van der Waals surface area contributed by atoms with Crippen LogP contribution in [0.4, 0.5) is 5.69 Å². The highest BCUT2D eigenvalue weighted by Crippen LogP contribution is 2.60. The molecule has 3 amide bonds. The zero-order valence-corrected chi connectivity index (χ0v) is 18.8. The summed E-state index contributed by atoms with van der Waals surface area (Å²) in [5.74, 6) is 1.78. The van der Waals surface area contributed by atoms with Gasteiger partial charge >= 0.3 is 0 Å². The lowest BCUT2D eigenvalue weighted by molar-refractivity contribution is -0.147. The lowest BCUT2D eigenvalue weighted by Crippen LogP contribution is -2.54. The molecule has 2 aromatic rings. The monoisotopic (exact) mass is 449 g/mol. The summed E-state index contributed by atoms with van der Waals surface area (Å²) in [6, 6.07) is 9.12. The molecule has 0 radical (unpaired) electrons. The topological polar surface area (TPSA) is 105 Å². The minimum absolute atomic E-state index is 0.000873. The predicted octanol–water partition coefficient (Wildman–Crippen LogP) is 2.47. The summed E-state index contributed by atoms with van der Waals surface area (Å²) >= 11 is 0. The van der Waals surface area contributed by atoms with E-state index in [1.54, 1.807) is 29.2 Å². The molecule has 4 aliphatic carbocycles. The first-order chi connectivity index (χ1) is 16.0. The number of carbonyl (C=O) groups excluding carboxylic acids is 3. The Hall–Kier alpha value is -3.16. The molecule has 174 valence electrons. The molecule has 33 heavy (non-hydrogen) atoms. The Labute approximate surface area is 193 Å². The van der Waals surface area contributed by atoms with Crippen molar-refractivity contribution in [2.75, 3.05) is 11.9 Å². The maximum absolute atomic E-state index is 13.0. The predicted molar refractivity (Wildman–Crippen MR) is 123 cm³/mol. The Morgan fingerprint density at radius 2 is 1.70 bits per heavy atom. The number of hydrogen-bond donors (Lipinski definition) is 3. The van der Waals surface area contributed by atoms with Crippen LogP contribution in [0.1, 0.15) is 44.1 Å². The smallest absolute Gasteiger partial charge is 0.246 e. The maximum Gasteiger partial charge on any atom is 0.246 e. The average Bonchev–Trinajstić information content (AvgIpc) is 3.28. The van der Waals surface area contributed by atoms with Crippen LogP contribution in [0.25, 0.3) is 0 Å². The normalized spacial score (nSPS) is 27.2. The van der Waals surface area contributed by atoms with Gasteiger partial charge in [-0.2, -0.15) is 5.10 Å². The molecule has 0 atom stereocenters. The molecular formula is C25H31N5O3. The minimum Gasteiger partial charge on any atom is -0.350 e. The van der Waals surface area contributed by atoms with E-state index in [1.807, 2.05) is 18.2 Å². The van der Waals surface area contributed by atoms with Gasteiger partial charge in [0.15, 0.2) is 0 Å². The van der Waals surface area contributed by atoms with Crippen LogP contribution in [0.5, 0.6) is 0 Å². The third kappa shape index (κ3) is 4.94. The molecule has 4 aliphatic rings. The van der Waals surface area contributed by atoms with Crippen LogP contribution in [-0.2, 0) is 27.5 Å². The summed E-state index contributed by atoms with van der Waals surface area (Å²) in [4.78, 5) is 37.5. The molecule has 4 saturated carbocycles. The van der Waals surface area contributed by atoms with Gasteiger partial charge < -0.3 is 16.0 Å². The van der Waals surface area contributed by atoms with E-state index in [0.717, 1.165) is 24.8 Å². The van der Waals surface area contributed by atoms with E-state index >= 15 is 0 Å². The van der Waals surface area contributed by atoms with Crippen molar-refractivity contribution in [3.8, 4) is 0 Å². The fraction of sp³-hybridized carbons (Fsp3) is 0.520. The van der Waals surface area contributed by atoms with Gasteiger partial charge in [0.05, 0.1) is 6.54 Å². The van der Waals surface area contributed by atoms with Crippen LogP contribution >= 0.6 is 0 Å². The van der Waals surface area contributed by atoms with Crippen LogP contribution in [0.15, 0.2) is 42.7 Å². The second-order valence-corrected chi connectivity index (χ2v) is 10.1. The second-order valence-electron chi connectivity index (χ2n) is 10.1. The van der Waals surface area contributed by atoms with Crippen LogP contribution in [0.2, 0.25) is 0 Å². The van der Waals surface area contributed by atoms with E-state index in [9.17, 15) is 14.4 Å². The summed E-state index contributed by atoms with van der Waals surface area (Å²) in [6.45, 7) is 0.465. The first-order valence-corrected chi connectivity index (χ1v) is 11.9. The number of rotatable bonds is 8. The van der Waals surface area contributed by atoms with Crippen molar-refractivity contribution in [3.63, 3.8) is 0 Å². The average molecular weight is 450 g/mol. The van der Waals surface area contributed by atoms with Crippen molar-refractivity contribution in [2.45, 2.75) is 51.6 Å². The largest absolute Gasteiger partial charge is 0.350 e. The van der Waals surface area contributed by atoms with Crippen LogP contribution in [-0.4, -0.2) is 34.0 Å². The van der Waals surface area contributed by atoms with Gasteiger partial charge in [-0.1, -0.05) is 12.1 Å². The van der Waals surface area contributed by atoms with Crippen molar-refractivity contribution in [1.29, 1.82) is 0 Å². The van der Waals surface area contributed by atoms with Gasteiger partial charge in [0, 0.05) is 30.0 Å². The number of anilines is 1. The lowest BCUT2D eigenvalue weighted by atomic mass is 9.49.